The number of ketones is 1. The Hall–Kier alpha value is -2.74. The molecule has 2 aliphatic rings. The Kier molecular flexibility index (Phi) is 6.44. The Morgan fingerprint density at radius 1 is 1.09 bits per heavy atom. The summed E-state index contributed by atoms with van der Waals surface area (Å²) in [5.74, 6) is -0.463. The summed E-state index contributed by atoms with van der Waals surface area (Å²) in [5, 5.41) is 14.9. The van der Waals surface area contributed by atoms with E-state index in [9.17, 15) is 14.7 Å². The maximum absolute atomic E-state index is 12.9. The number of carbonyl (C=O) groups excluding carboxylic acids is 2. The zero-order chi connectivity index (χ0) is 22.8. The van der Waals surface area contributed by atoms with Gasteiger partial charge in [-0.3, -0.25) is 9.59 Å². The first-order valence-electron chi connectivity index (χ1n) is 11.6. The second kappa shape index (κ2) is 9.63. The lowest BCUT2D eigenvalue weighted by molar-refractivity contribution is -0.118. The Balaban J connectivity index is 1.31. The molecule has 1 saturated heterocycles. The Morgan fingerprint density at radius 2 is 1.82 bits per heavy atom. The second-order valence-corrected chi connectivity index (χ2v) is 9.98. The predicted molar refractivity (Wildman–Crippen MR) is 129 cm³/mol. The van der Waals surface area contributed by atoms with Gasteiger partial charge in [-0.05, 0) is 74.0 Å². The molecule has 33 heavy (non-hydrogen) atoms. The minimum atomic E-state index is -0.931. The van der Waals surface area contributed by atoms with E-state index in [1.54, 1.807) is 6.07 Å². The van der Waals surface area contributed by atoms with Crippen LogP contribution in [0.25, 0.3) is 10.1 Å². The van der Waals surface area contributed by atoms with Crippen LogP contribution < -0.4 is 10.1 Å². The van der Waals surface area contributed by atoms with Gasteiger partial charge >= 0.3 is 0 Å². The molecule has 2 N–H and O–H groups in total. The van der Waals surface area contributed by atoms with Gasteiger partial charge in [-0.15, -0.1) is 11.3 Å². The highest BCUT2D eigenvalue weighted by molar-refractivity contribution is 7.21. The number of aliphatic hydroxyl groups is 1. The summed E-state index contributed by atoms with van der Waals surface area (Å²) < 4.78 is 6.76. The van der Waals surface area contributed by atoms with Gasteiger partial charge in [0.05, 0.1) is 17.0 Å². The summed E-state index contributed by atoms with van der Waals surface area (Å²) in [4.78, 5) is 28.4. The number of likely N-dealkylation sites (tertiary alicyclic amines) is 1. The van der Waals surface area contributed by atoms with Crippen LogP contribution in [0.5, 0.6) is 5.75 Å². The summed E-state index contributed by atoms with van der Waals surface area (Å²) in [7, 11) is 0. The minimum absolute atomic E-state index is 0.308. The van der Waals surface area contributed by atoms with Gasteiger partial charge in [-0.2, -0.15) is 0 Å². The molecule has 0 unspecified atom stereocenters. The van der Waals surface area contributed by atoms with Gasteiger partial charge in [-0.25, -0.2) is 0 Å². The first-order valence-corrected chi connectivity index (χ1v) is 12.4. The SMILES string of the molecule is O=C(N[C@H](CN1CCCC1)[C@H](O)c1ccc(OC2CC2)cc1)C(=O)c1cc2ccccc2s1. The third-order valence-electron chi connectivity index (χ3n) is 6.26. The maximum Gasteiger partial charge on any atom is 0.293 e. The number of thiophene rings is 1. The number of amides is 1. The van der Waals surface area contributed by atoms with Crippen molar-refractivity contribution >= 4 is 33.1 Å². The van der Waals surface area contributed by atoms with E-state index < -0.39 is 23.8 Å². The fourth-order valence-electron chi connectivity index (χ4n) is 4.26. The summed E-state index contributed by atoms with van der Waals surface area (Å²) in [5.41, 5.74) is 0.692. The molecule has 172 valence electrons. The number of nitrogens with one attached hydrogen (secondary N) is 1. The molecule has 2 fully saturated rings. The number of hydrogen-bond donors (Lipinski definition) is 2. The maximum atomic E-state index is 12.9. The monoisotopic (exact) mass is 464 g/mol. The highest BCUT2D eigenvalue weighted by atomic mass is 32.1. The lowest BCUT2D eigenvalue weighted by Crippen LogP contribution is -2.48. The van der Waals surface area contributed by atoms with Crippen molar-refractivity contribution < 1.29 is 19.4 Å². The summed E-state index contributed by atoms with van der Waals surface area (Å²) in [6.45, 7) is 2.35. The number of benzene rings is 2. The lowest BCUT2D eigenvalue weighted by atomic mass is 10.0. The van der Waals surface area contributed by atoms with E-state index in [1.807, 2.05) is 48.5 Å². The Bertz CT molecular complexity index is 1100. The molecular weight excluding hydrogens is 436 g/mol. The van der Waals surface area contributed by atoms with Crippen LogP contribution in [-0.4, -0.2) is 53.5 Å². The normalized spacial score (nSPS) is 18.2. The molecule has 7 heteroatoms. The van der Waals surface area contributed by atoms with Gasteiger partial charge in [0.25, 0.3) is 11.7 Å². The molecule has 0 radical (unpaired) electrons. The van der Waals surface area contributed by atoms with Crippen molar-refractivity contribution in [3.8, 4) is 5.75 Å². The second-order valence-electron chi connectivity index (χ2n) is 8.90. The molecule has 6 nitrogen and oxygen atoms in total. The van der Waals surface area contributed by atoms with E-state index in [4.69, 9.17) is 4.74 Å². The van der Waals surface area contributed by atoms with Gasteiger partial charge in [0.15, 0.2) is 0 Å². The molecule has 3 aromatic rings. The standard InChI is InChI=1S/C26H28N2O4S/c29-24(17-7-9-19(10-8-17)32-20-11-12-20)21(16-28-13-3-4-14-28)27-26(31)25(30)23-15-18-5-1-2-6-22(18)33-23/h1-2,5-10,15,20-21,24,29H,3-4,11-14,16H2,(H,27,31)/t21-,24-/m1/s1. The van der Waals surface area contributed by atoms with Crippen LogP contribution in [0.1, 0.15) is 47.0 Å². The lowest BCUT2D eigenvalue weighted by Gasteiger charge is -2.28. The number of fused-ring (bicyclic) bond motifs is 1. The van der Waals surface area contributed by atoms with Gasteiger partial charge < -0.3 is 20.1 Å². The first-order chi connectivity index (χ1) is 16.1. The van der Waals surface area contributed by atoms with Crippen LogP contribution in [0.3, 0.4) is 0 Å². The number of hydrogen-bond acceptors (Lipinski definition) is 6. The molecule has 2 aromatic carbocycles. The van der Waals surface area contributed by atoms with E-state index in [2.05, 4.69) is 10.2 Å². The van der Waals surface area contributed by atoms with Crippen molar-refractivity contribution in [3.05, 3.63) is 65.0 Å². The van der Waals surface area contributed by atoms with E-state index in [-0.39, 0.29) is 0 Å². The van der Waals surface area contributed by atoms with Crippen molar-refractivity contribution in [1.29, 1.82) is 0 Å². The molecule has 2 heterocycles. The van der Waals surface area contributed by atoms with E-state index in [0.717, 1.165) is 54.6 Å². The van der Waals surface area contributed by atoms with Gasteiger partial charge in [0, 0.05) is 11.2 Å². The first kappa shape index (κ1) is 22.1. The highest BCUT2D eigenvalue weighted by Gasteiger charge is 2.30. The smallest absolute Gasteiger partial charge is 0.293 e. The zero-order valence-electron chi connectivity index (χ0n) is 18.4. The van der Waals surface area contributed by atoms with Crippen molar-refractivity contribution in [3.63, 3.8) is 0 Å². The number of Topliss-reactive ketones (excluding diaryl/α,β-unsaturated/α-hetero) is 1. The van der Waals surface area contributed by atoms with Crippen molar-refractivity contribution in [2.75, 3.05) is 19.6 Å². The highest BCUT2D eigenvalue weighted by Crippen LogP contribution is 2.29. The predicted octanol–water partition coefficient (Wildman–Crippen LogP) is 3.94. The van der Waals surface area contributed by atoms with Gasteiger partial charge in [0.1, 0.15) is 11.9 Å². The number of carbonyl (C=O) groups is 2. The average molecular weight is 465 g/mol. The fraction of sp³-hybridized carbons (Fsp3) is 0.385. The van der Waals surface area contributed by atoms with Crippen LogP contribution >= 0.6 is 11.3 Å². The molecule has 1 saturated carbocycles. The van der Waals surface area contributed by atoms with Crippen molar-refractivity contribution in [2.45, 2.75) is 43.9 Å². The molecule has 1 aromatic heterocycles. The molecule has 5 rings (SSSR count). The molecule has 0 spiro atoms. The zero-order valence-corrected chi connectivity index (χ0v) is 19.2. The van der Waals surface area contributed by atoms with Crippen LogP contribution in [0.15, 0.2) is 54.6 Å². The van der Waals surface area contributed by atoms with Crippen LogP contribution in [0, 0.1) is 0 Å². The third-order valence-corrected chi connectivity index (χ3v) is 7.37. The van der Waals surface area contributed by atoms with Crippen LogP contribution in [0.2, 0.25) is 0 Å². The largest absolute Gasteiger partial charge is 0.490 e. The minimum Gasteiger partial charge on any atom is -0.490 e. The fourth-order valence-corrected chi connectivity index (χ4v) is 5.26. The van der Waals surface area contributed by atoms with Crippen molar-refractivity contribution in [2.24, 2.45) is 0 Å². The number of aliphatic hydroxyl groups excluding tert-OH is 1. The van der Waals surface area contributed by atoms with Gasteiger partial charge in [0.2, 0.25) is 0 Å². The summed E-state index contributed by atoms with van der Waals surface area (Å²) in [6, 6.07) is 16.2. The molecule has 1 aliphatic carbocycles. The van der Waals surface area contributed by atoms with Crippen LogP contribution in [0.4, 0.5) is 0 Å². The Morgan fingerprint density at radius 3 is 2.52 bits per heavy atom. The van der Waals surface area contributed by atoms with Gasteiger partial charge in [-0.1, -0.05) is 30.3 Å². The third kappa shape index (κ3) is 5.27. The quantitative estimate of drug-likeness (QED) is 0.370. The molecule has 0 bridgehead atoms. The van der Waals surface area contributed by atoms with Crippen molar-refractivity contribution in [1.82, 2.24) is 10.2 Å². The molecule has 1 aliphatic heterocycles. The van der Waals surface area contributed by atoms with Crippen LogP contribution in [-0.2, 0) is 4.79 Å². The Labute approximate surface area is 197 Å². The topological polar surface area (TPSA) is 78.9 Å². The average Bonchev–Trinajstić information content (AvgIpc) is 3.31. The number of ether oxygens (including phenoxy) is 1. The summed E-state index contributed by atoms with van der Waals surface area (Å²) in [6.07, 6.45) is 3.75. The van der Waals surface area contributed by atoms with E-state index >= 15 is 0 Å². The number of rotatable bonds is 9. The van der Waals surface area contributed by atoms with E-state index in [0.29, 0.717) is 23.1 Å². The molecule has 2 atom stereocenters. The summed E-state index contributed by atoms with van der Waals surface area (Å²) >= 11 is 1.31. The van der Waals surface area contributed by atoms with E-state index in [1.165, 1.54) is 11.3 Å². The molecular formula is C26H28N2O4S. The number of nitrogens with zero attached hydrogens (tertiary/aromatic N) is 1. The molecule has 1 amide bonds.